The molecule has 0 atom stereocenters. The van der Waals surface area contributed by atoms with E-state index >= 15 is 0 Å². The molecule has 5 heteroatoms. The van der Waals surface area contributed by atoms with Crippen LogP contribution in [0.2, 0.25) is 0 Å². The molecule has 0 aliphatic heterocycles. The van der Waals surface area contributed by atoms with Crippen LogP contribution in [-0.2, 0) is 13.6 Å². The summed E-state index contributed by atoms with van der Waals surface area (Å²) in [4.78, 5) is 25.4. The van der Waals surface area contributed by atoms with Gasteiger partial charge in [-0.2, -0.15) is 0 Å². The van der Waals surface area contributed by atoms with Crippen molar-refractivity contribution in [1.82, 2.24) is 9.13 Å². The summed E-state index contributed by atoms with van der Waals surface area (Å²) in [5, 5.41) is 0.698. The van der Waals surface area contributed by atoms with Gasteiger partial charge >= 0.3 is 5.69 Å². The van der Waals surface area contributed by atoms with Gasteiger partial charge in [0.15, 0.2) is 0 Å². The summed E-state index contributed by atoms with van der Waals surface area (Å²) >= 11 is 1.45. The van der Waals surface area contributed by atoms with Gasteiger partial charge in [0, 0.05) is 24.6 Å². The van der Waals surface area contributed by atoms with Crippen LogP contribution in [0.5, 0.6) is 0 Å². The van der Waals surface area contributed by atoms with E-state index in [0.29, 0.717) is 11.6 Å². The van der Waals surface area contributed by atoms with Crippen molar-refractivity contribution in [3.05, 3.63) is 57.2 Å². The van der Waals surface area contributed by atoms with Crippen LogP contribution < -0.4 is 11.2 Å². The number of hydrogen-bond donors (Lipinski definition) is 0. The Kier molecular flexibility index (Phi) is 4.96. The summed E-state index contributed by atoms with van der Waals surface area (Å²) in [7, 11) is 1.52. The summed E-state index contributed by atoms with van der Waals surface area (Å²) in [6.45, 7) is 7.03. The molecule has 0 radical (unpaired) electrons. The van der Waals surface area contributed by atoms with Crippen molar-refractivity contribution >= 4 is 11.8 Å². The number of benzene rings is 1. The molecular formula is C17H22N2O2S. The van der Waals surface area contributed by atoms with E-state index in [2.05, 4.69) is 20.8 Å². The van der Waals surface area contributed by atoms with Crippen LogP contribution in [0, 0.1) is 5.41 Å². The molecule has 0 unspecified atom stereocenters. The molecule has 0 aliphatic rings. The molecule has 0 spiro atoms. The van der Waals surface area contributed by atoms with Gasteiger partial charge in [0.25, 0.3) is 5.56 Å². The molecule has 0 N–H and O–H groups in total. The topological polar surface area (TPSA) is 44.0 Å². The van der Waals surface area contributed by atoms with Crippen molar-refractivity contribution in [1.29, 1.82) is 0 Å². The highest BCUT2D eigenvalue weighted by atomic mass is 32.2. The molecule has 22 heavy (non-hydrogen) atoms. The van der Waals surface area contributed by atoms with Gasteiger partial charge in [0.05, 0.1) is 5.03 Å². The zero-order chi connectivity index (χ0) is 16.3. The van der Waals surface area contributed by atoms with E-state index < -0.39 is 0 Å². The highest BCUT2D eigenvalue weighted by molar-refractivity contribution is 7.99. The highest BCUT2D eigenvalue weighted by Gasteiger charge is 2.15. The Bertz CT molecular complexity index is 755. The molecule has 0 saturated heterocycles. The van der Waals surface area contributed by atoms with Gasteiger partial charge in [-0.1, -0.05) is 50.7 Å². The van der Waals surface area contributed by atoms with Gasteiger partial charge in [0.1, 0.15) is 0 Å². The van der Waals surface area contributed by atoms with E-state index in [-0.39, 0.29) is 16.7 Å². The van der Waals surface area contributed by atoms with Crippen LogP contribution in [0.15, 0.2) is 55.9 Å². The maximum Gasteiger partial charge on any atom is 0.331 e. The van der Waals surface area contributed by atoms with E-state index in [9.17, 15) is 9.59 Å². The van der Waals surface area contributed by atoms with Gasteiger partial charge in [-0.15, -0.1) is 0 Å². The van der Waals surface area contributed by atoms with Crippen LogP contribution in [0.25, 0.3) is 0 Å². The quantitative estimate of drug-likeness (QED) is 0.814. The third-order valence-corrected chi connectivity index (χ3v) is 4.47. The molecule has 118 valence electrons. The normalized spacial score (nSPS) is 11.6. The molecule has 0 aliphatic carbocycles. The molecule has 4 nitrogen and oxygen atoms in total. The van der Waals surface area contributed by atoms with Crippen molar-refractivity contribution in [3.8, 4) is 0 Å². The Morgan fingerprint density at radius 2 is 1.73 bits per heavy atom. The first-order valence-electron chi connectivity index (χ1n) is 7.32. The van der Waals surface area contributed by atoms with E-state index in [1.54, 1.807) is 10.6 Å². The summed E-state index contributed by atoms with van der Waals surface area (Å²) in [6, 6.07) is 11.3. The lowest BCUT2D eigenvalue weighted by atomic mass is 9.92. The van der Waals surface area contributed by atoms with E-state index in [1.165, 1.54) is 18.8 Å². The smallest absolute Gasteiger partial charge is 0.288 e. The van der Waals surface area contributed by atoms with Gasteiger partial charge in [-0.3, -0.25) is 13.9 Å². The predicted octanol–water partition coefficient (Wildman–Crippen LogP) is 3.13. The lowest BCUT2D eigenvalue weighted by molar-refractivity contribution is 0.336. The van der Waals surface area contributed by atoms with Gasteiger partial charge in [0.2, 0.25) is 0 Å². The molecule has 2 aromatic rings. The molecular weight excluding hydrogens is 296 g/mol. The standard InChI is InChI=1S/C17H22N2O2S/c1-17(2,3)10-11-19-15(12-14(20)18(4)16(19)21)22-13-8-6-5-7-9-13/h5-9,12H,10-11H2,1-4H3. The zero-order valence-electron chi connectivity index (χ0n) is 13.5. The Hall–Kier alpha value is -1.75. The molecule has 1 heterocycles. The number of hydrogen-bond acceptors (Lipinski definition) is 3. The van der Waals surface area contributed by atoms with E-state index in [4.69, 9.17) is 0 Å². The van der Waals surface area contributed by atoms with Crippen LogP contribution in [0.3, 0.4) is 0 Å². The third-order valence-electron chi connectivity index (χ3n) is 3.41. The molecule has 1 aromatic heterocycles. The minimum atomic E-state index is -0.268. The second kappa shape index (κ2) is 6.57. The summed E-state index contributed by atoms with van der Waals surface area (Å²) in [5.74, 6) is 0. The predicted molar refractivity (Wildman–Crippen MR) is 90.6 cm³/mol. The third kappa shape index (κ3) is 4.13. The Labute approximate surface area is 134 Å². The van der Waals surface area contributed by atoms with Crippen molar-refractivity contribution in [2.45, 2.75) is 43.7 Å². The molecule has 0 saturated carbocycles. The summed E-state index contributed by atoms with van der Waals surface area (Å²) < 4.78 is 2.86. The van der Waals surface area contributed by atoms with Crippen molar-refractivity contribution < 1.29 is 0 Å². The van der Waals surface area contributed by atoms with Gasteiger partial charge in [-0.05, 0) is 24.0 Å². The molecule has 2 rings (SSSR count). The Morgan fingerprint density at radius 1 is 1.09 bits per heavy atom. The molecule has 0 bridgehead atoms. The first-order valence-corrected chi connectivity index (χ1v) is 8.13. The molecule has 0 fully saturated rings. The molecule has 0 amide bonds. The SMILES string of the molecule is Cn1c(=O)cc(Sc2ccccc2)n(CCC(C)(C)C)c1=O. The number of nitrogens with zero attached hydrogens (tertiary/aromatic N) is 2. The second-order valence-corrected chi connectivity index (χ2v) is 7.63. The Morgan fingerprint density at radius 3 is 2.32 bits per heavy atom. The van der Waals surface area contributed by atoms with Crippen molar-refractivity contribution in [3.63, 3.8) is 0 Å². The van der Waals surface area contributed by atoms with Crippen LogP contribution in [-0.4, -0.2) is 9.13 Å². The number of rotatable bonds is 4. The monoisotopic (exact) mass is 318 g/mol. The average molecular weight is 318 g/mol. The first kappa shape index (κ1) is 16.6. The minimum absolute atomic E-state index is 0.128. The maximum absolute atomic E-state index is 12.4. The fraction of sp³-hybridized carbons (Fsp3) is 0.412. The fourth-order valence-electron chi connectivity index (χ4n) is 2.00. The van der Waals surface area contributed by atoms with Crippen LogP contribution in [0.4, 0.5) is 0 Å². The largest absolute Gasteiger partial charge is 0.331 e. The van der Waals surface area contributed by atoms with Crippen molar-refractivity contribution in [2.75, 3.05) is 0 Å². The van der Waals surface area contributed by atoms with Gasteiger partial charge < -0.3 is 0 Å². The fourth-order valence-corrected chi connectivity index (χ4v) is 2.97. The first-order chi connectivity index (χ1) is 10.3. The number of aromatic nitrogens is 2. The van der Waals surface area contributed by atoms with Crippen molar-refractivity contribution in [2.24, 2.45) is 12.5 Å². The lowest BCUT2D eigenvalue weighted by Crippen LogP contribution is -2.38. The molecule has 1 aromatic carbocycles. The maximum atomic E-state index is 12.4. The van der Waals surface area contributed by atoms with Gasteiger partial charge in [-0.25, -0.2) is 4.79 Å². The van der Waals surface area contributed by atoms with E-state index in [0.717, 1.165) is 15.9 Å². The highest BCUT2D eigenvalue weighted by Crippen LogP contribution is 2.27. The second-order valence-electron chi connectivity index (χ2n) is 6.54. The van der Waals surface area contributed by atoms with Crippen LogP contribution >= 0.6 is 11.8 Å². The minimum Gasteiger partial charge on any atom is -0.288 e. The Balaban J connectivity index is 2.43. The summed E-state index contributed by atoms with van der Waals surface area (Å²) in [6.07, 6.45) is 0.869. The van der Waals surface area contributed by atoms with Crippen LogP contribution in [0.1, 0.15) is 27.2 Å². The van der Waals surface area contributed by atoms with E-state index in [1.807, 2.05) is 30.3 Å². The average Bonchev–Trinajstić information content (AvgIpc) is 2.44. The lowest BCUT2D eigenvalue weighted by Gasteiger charge is -2.20. The zero-order valence-corrected chi connectivity index (χ0v) is 14.3. The summed E-state index contributed by atoms with van der Waals surface area (Å²) in [5.41, 5.74) is -0.395.